The van der Waals surface area contributed by atoms with Crippen LogP contribution in [0, 0.1) is 5.41 Å². The first-order valence-corrected chi connectivity index (χ1v) is 7.56. The minimum Gasteiger partial charge on any atom is -0.497 e. The molecule has 0 unspecified atom stereocenters. The summed E-state index contributed by atoms with van der Waals surface area (Å²) in [7, 11) is 1.55. The molecule has 1 aromatic carbocycles. The van der Waals surface area contributed by atoms with E-state index in [2.05, 4.69) is 28.4 Å². The molecule has 2 N–H and O–H groups in total. The van der Waals surface area contributed by atoms with E-state index in [9.17, 15) is 4.39 Å². The smallest absolute Gasteiger partial charge is 0.219 e. The molecule has 5 nitrogen and oxygen atoms in total. The van der Waals surface area contributed by atoms with E-state index in [-0.39, 0.29) is 22.4 Å². The molecule has 0 bridgehead atoms. The Bertz CT molecular complexity index is 864. The third-order valence-electron chi connectivity index (χ3n) is 3.19. The average molecular weight is 359 g/mol. The van der Waals surface area contributed by atoms with E-state index < -0.39 is 5.97 Å². The summed E-state index contributed by atoms with van der Waals surface area (Å²) >= 11 is 6.09. The first kappa shape index (κ1) is 18.4. The van der Waals surface area contributed by atoms with Gasteiger partial charge in [0.05, 0.1) is 7.11 Å². The number of benzene rings is 1. The fourth-order valence-electron chi connectivity index (χ4n) is 2.03. The van der Waals surface area contributed by atoms with Crippen LogP contribution in [-0.4, -0.2) is 23.0 Å². The van der Waals surface area contributed by atoms with Crippen molar-refractivity contribution in [1.82, 2.24) is 9.97 Å². The molecule has 0 radical (unpaired) electrons. The second-order valence-electron chi connectivity index (χ2n) is 4.79. The van der Waals surface area contributed by atoms with Crippen molar-refractivity contribution in [3.8, 4) is 17.1 Å². The topological polar surface area (TPSA) is 70.9 Å². The SMILES string of the molecule is C=C/C=C(\C=C)Nc1nc(-c2cccc(OC)c2)nc(Cl)c1C(=N)F. The van der Waals surface area contributed by atoms with Crippen molar-refractivity contribution in [2.75, 3.05) is 12.4 Å². The molecule has 0 aliphatic rings. The number of aromatic nitrogens is 2. The van der Waals surface area contributed by atoms with E-state index in [0.29, 0.717) is 17.0 Å². The molecule has 0 saturated heterocycles. The van der Waals surface area contributed by atoms with Gasteiger partial charge >= 0.3 is 0 Å². The van der Waals surface area contributed by atoms with Crippen LogP contribution in [0.4, 0.5) is 10.2 Å². The molecule has 0 atom stereocenters. The molecule has 1 heterocycles. The van der Waals surface area contributed by atoms with Crippen molar-refractivity contribution in [2.45, 2.75) is 0 Å². The third-order valence-corrected chi connectivity index (χ3v) is 3.47. The van der Waals surface area contributed by atoms with Gasteiger partial charge in [0, 0.05) is 11.3 Å². The number of methoxy groups -OCH3 is 1. The summed E-state index contributed by atoms with van der Waals surface area (Å²) < 4.78 is 18.8. The Labute approximate surface area is 150 Å². The van der Waals surface area contributed by atoms with Crippen molar-refractivity contribution in [2.24, 2.45) is 0 Å². The molecule has 25 heavy (non-hydrogen) atoms. The maximum absolute atomic E-state index is 13.6. The summed E-state index contributed by atoms with van der Waals surface area (Å²) in [4.78, 5) is 8.40. The molecular formula is C18H16ClFN4O. The van der Waals surface area contributed by atoms with Gasteiger partial charge in [-0.15, -0.1) is 0 Å². The third kappa shape index (κ3) is 4.30. The molecule has 1 aromatic heterocycles. The molecular weight excluding hydrogens is 343 g/mol. The van der Waals surface area contributed by atoms with Crippen molar-refractivity contribution in [3.05, 3.63) is 72.1 Å². The summed E-state index contributed by atoms with van der Waals surface area (Å²) in [6, 6.07) is 7.05. The second-order valence-corrected chi connectivity index (χ2v) is 5.15. The maximum Gasteiger partial charge on any atom is 0.219 e. The fourth-order valence-corrected chi connectivity index (χ4v) is 2.29. The van der Waals surface area contributed by atoms with Gasteiger partial charge in [-0.25, -0.2) is 9.97 Å². The molecule has 2 rings (SSSR count). The number of hydrogen-bond acceptors (Lipinski definition) is 5. The molecule has 0 saturated carbocycles. The highest BCUT2D eigenvalue weighted by atomic mass is 35.5. The lowest BCUT2D eigenvalue weighted by molar-refractivity contribution is 0.415. The maximum atomic E-state index is 13.6. The van der Waals surface area contributed by atoms with E-state index in [4.69, 9.17) is 21.7 Å². The van der Waals surface area contributed by atoms with E-state index >= 15 is 0 Å². The number of ether oxygens (including phenoxy) is 1. The lowest BCUT2D eigenvalue weighted by atomic mass is 10.2. The zero-order valence-corrected chi connectivity index (χ0v) is 14.3. The molecule has 0 amide bonds. The van der Waals surface area contributed by atoms with Crippen molar-refractivity contribution in [1.29, 1.82) is 5.41 Å². The van der Waals surface area contributed by atoms with Crippen LogP contribution in [0.25, 0.3) is 11.4 Å². The van der Waals surface area contributed by atoms with E-state index in [1.165, 1.54) is 12.2 Å². The number of allylic oxidation sites excluding steroid dienone is 3. The monoisotopic (exact) mass is 358 g/mol. The van der Waals surface area contributed by atoms with Gasteiger partial charge in [0.15, 0.2) is 5.82 Å². The number of halogens is 2. The van der Waals surface area contributed by atoms with Crippen LogP contribution in [0.5, 0.6) is 5.75 Å². The molecule has 0 spiro atoms. The zero-order chi connectivity index (χ0) is 18.4. The highest BCUT2D eigenvalue weighted by Crippen LogP contribution is 2.29. The molecule has 0 aliphatic heterocycles. The first-order chi connectivity index (χ1) is 12.0. The summed E-state index contributed by atoms with van der Waals surface area (Å²) in [5.74, 6) is -0.309. The van der Waals surface area contributed by atoms with E-state index in [0.717, 1.165) is 0 Å². The standard InChI is InChI=1S/C18H16ClFN4O/c1-4-7-12(5-2)22-18-14(16(20)21)15(19)23-17(24-18)11-8-6-9-13(10-11)25-3/h4-10,21H,1-2H2,3H3,(H,22,23,24)/b12-7+,21-16?. The Morgan fingerprint density at radius 1 is 1.36 bits per heavy atom. The summed E-state index contributed by atoms with van der Waals surface area (Å²) in [5.41, 5.74) is 0.920. The molecule has 0 fully saturated rings. The van der Waals surface area contributed by atoms with Crippen LogP contribution < -0.4 is 10.1 Å². The van der Waals surface area contributed by atoms with Crippen LogP contribution >= 0.6 is 11.6 Å². The lowest BCUT2D eigenvalue weighted by Gasteiger charge is -2.13. The van der Waals surface area contributed by atoms with Crippen LogP contribution in [0.3, 0.4) is 0 Å². The van der Waals surface area contributed by atoms with Gasteiger partial charge in [0.2, 0.25) is 5.97 Å². The number of nitrogens with one attached hydrogen (secondary N) is 2. The molecule has 128 valence electrons. The fraction of sp³-hybridized carbons (Fsp3) is 0.0556. The minimum atomic E-state index is -1.24. The van der Waals surface area contributed by atoms with Crippen molar-refractivity contribution in [3.63, 3.8) is 0 Å². The van der Waals surface area contributed by atoms with E-state index in [1.54, 1.807) is 37.5 Å². The number of rotatable bonds is 7. The summed E-state index contributed by atoms with van der Waals surface area (Å²) in [6.07, 6.45) is 4.67. The van der Waals surface area contributed by atoms with Gasteiger partial charge in [-0.3, -0.25) is 5.41 Å². The van der Waals surface area contributed by atoms with Gasteiger partial charge < -0.3 is 10.1 Å². The number of nitrogens with zero attached hydrogens (tertiary/aromatic N) is 2. The van der Waals surface area contributed by atoms with Crippen molar-refractivity contribution >= 4 is 23.4 Å². The Morgan fingerprint density at radius 2 is 2.12 bits per heavy atom. The zero-order valence-electron chi connectivity index (χ0n) is 13.5. The minimum absolute atomic E-state index is 0.0540. The van der Waals surface area contributed by atoms with Gasteiger partial charge in [0.1, 0.15) is 22.3 Å². The van der Waals surface area contributed by atoms with Gasteiger partial charge in [-0.2, -0.15) is 4.39 Å². The first-order valence-electron chi connectivity index (χ1n) is 7.18. The van der Waals surface area contributed by atoms with Gasteiger partial charge in [-0.1, -0.05) is 43.0 Å². The predicted octanol–water partition coefficient (Wildman–Crippen LogP) is 4.77. The Hall–Kier alpha value is -2.99. The quantitative estimate of drug-likeness (QED) is 0.425. The summed E-state index contributed by atoms with van der Waals surface area (Å²) in [5, 5.41) is 10.0. The van der Waals surface area contributed by atoms with Crippen LogP contribution in [0.2, 0.25) is 5.15 Å². The molecule has 7 heteroatoms. The normalized spacial score (nSPS) is 10.9. The Balaban J connectivity index is 2.61. The molecule has 2 aromatic rings. The highest BCUT2D eigenvalue weighted by molar-refractivity contribution is 6.33. The lowest BCUT2D eigenvalue weighted by Crippen LogP contribution is -2.09. The molecule has 0 aliphatic carbocycles. The number of hydrogen-bond donors (Lipinski definition) is 2. The van der Waals surface area contributed by atoms with Crippen LogP contribution in [0.1, 0.15) is 5.56 Å². The van der Waals surface area contributed by atoms with Gasteiger partial charge in [-0.05, 0) is 24.3 Å². The highest BCUT2D eigenvalue weighted by Gasteiger charge is 2.19. The number of anilines is 1. The van der Waals surface area contributed by atoms with Crippen LogP contribution in [-0.2, 0) is 0 Å². The summed E-state index contributed by atoms with van der Waals surface area (Å²) in [6.45, 7) is 7.25. The van der Waals surface area contributed by atoms with Crippen molar-refractivity contribution < 1.29 is 9.13 Å². The van der Waals surface area contributed by atoms with E-state index in [1.807, 2.05) is 0 Å². The largest absolute Gasteiger partial charge is 0.497 e. The van der Waals surface area contributed by atoms with Crippen LogP contribution in [0.15, 0.2) is 61.3 Å². The Morgan fingerprint density at radius 3 is 2.72 bits per heavy atom. The van der Waals surface area contributed by atoms with Gasteiger partial charge in [0.25, 0.3) is 0 Å². The second kappa shape index (κ2) is 8.21. The predicted molar refractivity (Wildman–Crippen MR) is 99.1 cm³/mol. The average Bonchev–Trinajstić information content (AvgIpc) is 2.60. The Kier molecular flexibility index (Phi) is 6.03.